The highest BCUT2D eigenvalue weighted by Crippen LogP contribution is 2.24. The highest BCUT2D eigenvalue weighted by atomic mass is 16.5. The number of ether oxygens (including phenoxy) is 1. The Hall–Kier alpha value is -3.19. The summed E-state index contributed by atoms with van der Waals surface area (Å²) in [6.07, 6.45) is 1.20. The highest BCUT2D eigenvalue weighted by molar-refractivity contribution is 6.23. The van der Waals surface area contributed by atoms with Gasteiger partial charge in [0, 0.05) is 17.2 Å². The monoisotopic (exact) mass is 275 g/mol. The number of benzene rings is 2. The van der Waals surface area contributed by atoms with Gasteiger partial charge in [-0.05, 0) is 24.3 Å². The predicted molar refractivity (Wildman–Crippen MR) is 75.0 cm³/mol. The number of ketones is 2. The first-order valence-corrected chi connectivity index (χ1v) is 6.27. The van der Waals surface area contributed by atoms with Crippen molar-refractivity contribution in [1.29, 1.82) is 5.26 Å². The summed E-state index contributed by atoms with van der Waals surface area (Å²) in [7, 11) is 0. The maximum absolute atomic E-state index is 12.3. The number of rotatable bonds is 2. The van der Waals surface area contributed by atoms with Gasteiger partial charge in [0.2, 0.25) is 5.78 Å². The molecule has 0 fully saturated rings. The van der Waals surface area contributed by atoms with E-state index in [2.05, 4.69) is 0 Å². The van der Waals surface area contributed by atoms with Gasteiger partial charge in [0.15, 0.2) is 11.5 Å². The van der Waals surface area contributed by atoms with E-state index in [4.69, 9.17) is 10.00 Å². The molecule has 0 N–H and O–H groups in total. The first-order chi connectivity index (χ1) is 10.2. The van der Waals surface area contributed by atoms with E-state index < -0.39 is 0 Å². The van der Waals surface area contributed by atoms with E-state index in [1.54, 1.807) is 48.5 Å². The molecule has 0 radical (unpaired) electrons. The minimum absolute atomic E-state index is 0.0107. The quantitative estimate of drug-likeness (QED) is 0.845. The van der Waals surface area contributed by atoms with Gasteiger partial charge in [0.25, 0.3) is 0 Å². The van der Waals surface area contributed by atoms with Crippen molar-refractivity contribution in [3.8, 4) is 11.8 Å². The van der Waals surface area contributed by atoms with E-state index in [1.807, 2.05) is 6.07 Å². The molecule has 4 heteroatoms. The van der Waals surface area contributed by atoms with Crippen LogP contribution >= 0.6 is 0 Å². The summed E-state index contributed by atoms with van der Waals surface area (Å²) in [5.41, 5.74) is 1.22. The molecule has 0 aliphatic heterocycles. The van der Waals surface area contributed by atoms with Crippen LogP contribution in [0.1, 0.15) is 26.3 Å². The summed E-state index contributed by atoms with van der Waals surface area (Å²) in [6.45, 7) is 0. The fourth-order valence-corrected chi connectivity index (χ4v) is 2.09. The molecule has 100 valence electrons. The average Bonchev–Trinajstić information content (AvgIpc) is 2.53. The molecule has 0 aromatic heterocycles. The summed E-state index contributed by atoms with van der Waals surface area (Å²) >= 11 is 0. The van der Waals surface area contributed by atoms with Crippen LogP contribution in [0.4, 0.5) is 0 Å². The van der Waals surface area contributed by atoms with Crippen molar-refractivity contribution in [3.63, 3.8) is 0 Å². The Labute approximate surface area is 120 Å². The predicted octanol–water partition coefficient (Wildman–Crippen LogP) is 2.90. The molecule has 0 atom stereocenters. The van der Waals surface area contributed by atoms with Crippen LogP contribution in [0.3, 0.4) is 0 Å². The molecule has 0 bridgehead atoms. The smallest absolute Gasteiger partial charge is 0.229 e. The number of nitriles is 1. The molecule has 4 nitrogen and oxygen atoms in total. The third kappa shape index (κ3) is 2.33. The molecule has 2 aromatic rings. The summed E-state index contributed by atoms with van der Waals surface area (Å²) in [4.78, 5) is 24.3. The largest absolute Gasteiger partial charge is 0.453 e. The van der Waals surface area contributed by atoms with E-state index in [9.17, 15) is 9.59 Å². The van der Waals surface area contributed by atoms with Gasteiger partial charge < -0.3 is 4.74 Å². The fourth-order valence-electron chi connectivity index (χ4n) is 2.09. The average molecular weight is 275 g/mol. The number of carbonyl (C=O) groups is 2. The zero-order valence-electron chi connectivity index (χ0n) is 10.9. The van der Waals surface area contributed by atoms with Gasteiger partial charge in [-0.15, -0.1) is 0 Å². The molecule has 0 heterocycles. The molecule has 0 saturated heterocycles. The van der Waals surface area contributed by atoms with Crippen LogP contribution < -0.4 is 4.74 Å². The Morgan fingerprint density at radius 1 is 0.905 bits per heavy atom. The number of allylic oxidation sites excluding steroid dienone is 2. The van der Waals surface area contributed by atoms with E-state index >= 15 is 0 Å². The maximum atomic E-state index is 12.3. The number of hydrogen-bond acceptors (Lipinski definition) is 4. The van der Waals surface area contributed by atoms with E-state index in [0.717, 1.165) is 0 Å². The zero-order chi connectivity index (χ0) is 14.8. The number of carbonyl (C=O) groups excluding carboxylic acids is 2. The number of fused-ring (bicyclic) bond motifs is 1. The molecule has 21 heavy (non-hydrogen) atoms. The number of Topliss-reactive ketones (excluding diaryl/α,β-unsaturated/α-hetero) is 1. The first kappa shape index (κ1) is 12.8. The maximum Gasteiger partial charge on any atom is 0.229 e. The highest BCUT2D eigenvalue weighted by Gasteiger charge is 2.26. The molecular weight excluding hydrogens is 266 g/mol. The Morgan fingerprint density at radius 2 is 1.57 bits per heavy atom. The van der Waals surface area contributed by atoms with E-state index in [-0.39, 0.29) is 17.3 Å². The summed E-state index contributed by atoms with van der Waals surface area (Å²) in [5.74, 6) is -0.187. The van der Waals surface area contributed by atoms with Crippen molar-refractivity contribution in [2.75, 3.05) is 0 Å². The Morgan fingerprint density at radius 3 is 2.24 bits per heavy atom. The van der Waals surface area contributed by atoms with Crippen LogP contribution in [0.2, 0.25) is 0 Å². The lowest BCUT2D eigenvalue weighted by atomic mass is 9.94. The molecule has 1 aliphatic carbocycles. The second-order valence-electron chi connectivity index (χ2n) is 4.49. The number of nitrogens with zero attached hydrogens (tertiary/aromatic N) is 1. The summed E-state index contributed by atoms with van der Waals surface area (Å²) in [6, 6.07) is 15.0. The van der Waals surface area contributed by atoms with Gasteiger partial charge in [-0.25, -0.2) is 0 Å². The van der Waals surface area contributed by atoms with Gasteiger partial charge in [-0.2, -0.15) is 5.26 Å². The van der Waals surface area contributed by atoms with Crippen molar-refractivity contribution in [2.45, 2.75) is 0 Å². The lowest BCUT2D eigenvalue weighted by Gasteiger charge is -2.15. The molecule has 0 saturated carbocycles. The number of hydrogen-bond donors (Lipinski definition) is 0. The summed E-state index contributed by atoms with van der Waals surface area (Å²) < 4.78 is 5.48. The molecule has 0 spiro atoms. The Kier molecular flexibility index (Phi) is 3.09. The van der Waals surface area contributed by atoms with Crippen LogP contribution in [0.25, 0.3) is 0 Å². The van der Waals surface area contributed by atoms with Gasteiger partial charge in [-0.1, -0.05) is 24.3 Å². The van der Waals surface area contributed by atoms with Gasteiger partial charge >= 0.3 is 0 Å². The second kappa shape index (κ2) is 5.06. The van der Waals surface area contributed by atoms with Crippen LogP contribution in [0.5, 0.6) is 5.75 Å². The van der Waals surface area contributed by atoms with E-state index in [1.165, 1.54) is 6.08 Å². The molecule has 0 amide bonds. The minimum Gasteiger partial charge on any atom is -0.453 e. The third-order valence-electron chi connectivity index (χ3n) is 3.13. The SMILES string of the molecule is N#Cc1ccc(OC2=CC(=O)c3ccccc3C2=O)cc1. The molecular formula is C17H9NO3. The molecule has 0 unspecified atom stereocenters. The van der Waals surface area contributed by atoms with Crippen LogP contribution in [0, 0.1) is 11.3 Å². The van der Waals surface area contributed by atoms with Crippen molar-refractivity contribution in [2.24, 2.45) is 0 Å². The fraction of sp³-hybridized carbons (Fsp3) is 0. The van der Waals surface area contributed by atoms with Gasteiger partial charge in [0.05, 0.1) is 11.6 Å². The van der Waals surface area contributed by atoms with E-state index in [0.29, 0.717) is 22.4 Å². The van der Waals surface area contributed by atoms with Crippen molar-refractivity contribution >= 4 is 11.6 Å². The molecule has 2 aromatic carbocycles. The minimum atomic E-state index is -0.324. The standard InChI is InChI=1S/C17H9NO3/c18-10-11-5-7-12(8-6-11)21-16-9-15(19)13-3-1-2-4-14(13)17(16)20/h1-9H. The normalized spacial score (nSPS) is 13.2. The topological polar surface area (TPSA) is 67.2 Å². The van der Waals surface area contributed by atoms with Gasteiger partial charge in [0.1, 0.15) is 5.75 Å². The first-order valence-electron chi connectivity index (χ1n) is 6.27. The van der Waals surface area contributed by atoms with Crippen molar-refractivity contribution < 1.29 is 14.3 Å². The molecule has 1 aliphatic rings. The lowest BCUT2D eigenvalue weighted by Crippen LogP contribution is -2.20. The third-order valence-corrected chi connectivity index (χ3v) is 3.13. The molecule has 3 rings (SSSR count). The van der Waals surface area contributed by atoms with Crippen LogP contribution in [-0.2, 0) is 0 Å². The van der Waals surface area contributed by atoms with Crippen molar-refractivity contribution in [3.05, 3.63) is 77.1 Å². The summed E-state index contributed by atoms with van der Waals surface area (Å²) in [5, 5.41) is 8.73. The lowest BCUT2D eigenvalue weighted by molar-refractivity contribution is 0.0947. The second-order valence-corrected chi connectivity index (χ2v) is 4.49. The Bertz CT molecular complexity index is 811. The van der Waals surface area contributed by atoms with Crippen molar-refractivity contribution in [1.82, 2.24) is 0 Å². The van der Waals surface area contributed by atoms with Crippen LogP contribution in [0.15, 0.2) is 60.4 Å². The zero-order valence-corrected chi connectivity index (χ0v) is 10.9. The Balaban J connectivity index is 1.92. The van der Waals surface area contributed by atoms with Gasteiger partial charge in [-0.3, -0.25) is 9.59 Å². The van der Waals surface area contributed by atoms with Crippen LogP contribution in [-0.4, -0.2) is 11.6 Å².